The second-order valence-corrected chi connectivity index (χ2v) is 5.59. The number of benzene rings is 2. The van der Waals surface area contributed by atoms with Crippen LogP contribution in [0.15, 0.2) is 48.7 Å². The summed E-state index contributed by atoms with van der Waals surface area (Å²) in [7, 11) is 4.71. The molecule has 134 valence electrons. The Morgan fingerprint density at radius 2 is 1.42 bits per heavy atom. The average molecular weight is 353 g/mol. The van der Waals surface area contributed by atoms with Gasteiger partial charge in [0.2, 0.25) is 0 Å². The van der Waals surface area contributed by atoms with E-state index in [4.69, 9.17) is 14.2 Å². The van der Waals surface area contributed by atoms with Crippen molar-refractivity contribution in [1.29, 1.82) is 0 Å². The van der Waals surface area contributed by atoms with Crippen LogP contribution < -0.4 is 14.2 Å². The number of carbonyl (C=O) groups is 1. The first-order chi connectivity index (χ1) is 12.6. The first kappa shape index (κ1) is 17.4. The Labute approximate surface area is 151 Å². The largest absolute Gasteiger partial charge is 0.497 e. The number of H-pyrrole nitrogens is 1. The summed E-state index contributed by atoms with van der Waals surface area (Å²) < 4.78 is 15.8. The van der Waals surface area contributed by atoms with E-state index in [0.29, 0.717) is 22.6 Å². The normalized spacial score (nSPS) is 10.4. The lowest BCUT2D eigenvalue weighted by molar-refractivity contribution is 0.0692. The molecule has 0 bridgehead atoms. The number of carboxylic acid groups (broad SMARTS) is 1. The molecule has 1 aromatic heterocycles. The molecule has 0 fully saturated rings. The van der Waals surface area contributed by atoms with Gasteiger partial charge in [-0.05, 0) is 35.4 Å². The fourth-order valence-corrected chi connectivity index (χ4v) is 2.84. The molecule has 0 saturated carbocycles. The molecule has 6 heteroatoms. The van der Waals surface area contributed by atoms with Crippen molar-refractivity contribution in [1.82, 2.24) is 4.98 Å². The monoisotopic (exact) mass is 353 g/mol. The summed E-state index contributed by atoms with van der Waals surface area (Å²) in [6.45, 7) is 0. The van der Waals surface area contributed by atoms with Crippen LogP contribution in [0.25, 0.3) is 22.3 Å². The Kier molecular flexibility index (Phi) is 4.84. The second kappa shape index (κ2) is 7.23. The number of hydrogen-bond acceptors (Lipinski definition) is 4. The molecule has 0 amide bonds. The Bertz CT molecular complexity index is 906. The third kappa shape index (κ3) is 3.21. The van der Waals surface area contributed by atoms with E-state index < -0.39 is 5.97 Å². The molecule has 0 aliphatic carbocycles. The van der Waals surface area contributed by atoms with E-state index in [2.05, 4.69) is 4.98 Å². The van der Waals surface area contributed by atoms with Crippen molar-refractivity contribution < 1.29 is 24.1 Å². The molecule has 0 radical (unpaired) electrons. The van der Waals surface area contributed by atoms with Crippen molar-refractivity contribution in [2.75, 3.05) is 21.3 Å². The van der Waals surface area contributed by atoms with Crippen molar-refractivity contribution >= 4 is 5.97 Å². The van der Waals surface area contributed by atoms with E-state index in [-0.39, 0.29) is 5.69 Å². The molecule has 3 rings (SSSR count). The van der Waals surface area contributed by atoms with E-state index in [9.17, 15) is 9.90 Å². The topological polar surface area (TPSA) is 80.8 Å². The predicted molar refractivity (Wildman–Crippen MR) is 98.3 cm³/mol. The minimum Gasteiger partial charge on any atom is -0.497 e. The molecular weight excluding hydrogens is 334 g/mol. The minimum atomic E-state index is -1.04. The van der Waals surface area contributed by atoms with E-state index in [1.807, 2.05) is 24.3 Å². The van der Waals surface area contributed by atoms with E-state index in [1.54, 1.807) is 45.7 Å². The van der Waals surface area contributed by atoms with Crippen molar-refractivity contribution in [3.8, 4) is 39.5 Å². The molecule has 3 aromatic rings. The second-order valence-electron chi connectivity index (χ2n) is 5.59. The number of aromatic carboxylic acids is 1. The highest BCUT2D eigenvalue weighted by Gasteiger charge is 2.21. The number of methoxy groups -OCH3 is 3. The van der Waals surface area contributed by atoms with Crippen LogP contribution in [-0.4, -0.2) is 37.4 Å². The molecule has 2 N–H and O–H groups in total. The SMILES string of the molecule is COc1ccc(-c2c[nH]c(C(=O)O)c2-c2cc(OC)cc(OC)c2)cc1. The highest BCUT2D eigenvalue weighted by atomic mass is 16.5. The number of ether oxygens (including phenoxy) is 3. The summed E-state index contributed by atoms with van der Waals surface area (Å²) >= 11 is 0. The zero-order valence-electron chi connectivity index (χ0n) is 14.7. The van der Waals surface area contributed by atoms with Gasteiger partial charge < -0.3 is 24.3 Å². The van der Waals surface area contributed by atoms with Crippen LogP contribution in [0, 0.1) is 0 Å². The summed E-state index contributed by atoms with van der Waals surface area (Å²) in [5.41, 5.74) is 2.99. The molecule has 6 nitrogen and oxygen atoms in total. The Balaban J connectivity index is 2.22. The maximum Gasteiger partial charge on any atom is 0.352 e. The summed E-state index contributed by atoms with van der Waals surface area (Å²) in [4.78, 5) is 14.6. The first-order valence-electron chi connectivity index (χ1n) is 7.90. The molecule has 0 atom stereocenters. The summed E-state index contributed by atoms with van der Waals surface area (Å²) in [5, 5.41) is 9.61. The van der Waals surface area contributed by atoms with Gasteiger partial charge in [0, 0.05) is 23.4 Å². The lowest BCUT2D eigenvalue weighted by Crippen LogP contribution is -1.99. The molecule has 2 aromatic carbocycles. The van der Waals surface area contributed by atoms with Gasteiger partial charge in [-0.3, -0.25) is 0 Å². The Morgan fingerprint density at radius 3 is 1.92 bits per heavy atom. The fraction of sp³-hybridized carbons (Fsp3) is 0.150. The van der Waals surface area contributed by atoms with Crippen LogP contribution in [0.5, 0.6) is 17.2 Å². The quantitative estimate of drug-likeness (QED) is 0.698. The Morgan fingerprint density at radius 1 is 0.846 bits per heavy atom. The number of carboxylic acids is 1. The highest BCUT2D eigenvalue weighted by Crippen LogP contribution is 2.39. The van der Waals surface area contributed by atoms with Gasteiger partial charge in [0.05, 0.1) is 21.3 Å². The van der Waals surface area contributed by atoms with Gasteiger partial charge in [-0.25, -0.2) is 4.79 Å². The molecule has 0 spiro atoms. The van der Waals surface area contributed by atoms with Gasteiger partial charge >= 0.3 is 5.97 Å². The molecule has 0 saturated heterocycles. The van der Waals surface area contributed by atoms with E-state index in [0.717, 1.165) is 16.9 Å². The third-order valence-corrected chi connectivity index (χ3v) is 4.14. The number of hydrogen-bond donors (Lipinski definition) is 2. The smallest absolute Gasteiger partial charge is 0.352 e. The van der Waals surface area contributed by atoms with Crippen molar-refractivity contribution in [3.05, 3.63) is 54.4 Å². The number of aromatic nitrogens is 1. The molecule has 0 aliphatic rings. The van der Waals surface area contributed by atoms with Crippen molar-refractivity contribution in [2.24, 2.45) is 0 Å². The zero-order chi connectivity index (χ0) is 18.7. The van der Waals surface area contributed by atoms with Crippen LogP contribution in [0.4, 0.5) is 0 Å². The van der Waals surface area contributed by atoms with Crippen molar-refractivity contribution in [2.45, 2.75) is 0 Å². The van der Waals surface area contributed by atoms with Crippen LogP contribution in [-0.2, 0) is 0 Å². The van der Waals surface area contributed by atoms with Crippen LogP contribution in [0.3, 0.4) is 0 Å². The maximum absolute atomic E-state index is 11.7. The lowest BCUT2D eigenvalue weighted by atomic mass is 9.96. The summed E-state index contributed by atoms with van der Waals surface area (Å²) in [6.07, 6.45) is 1.69. The standard InChI is InChI=1S/C20H19NO5/c1-24-14-6-4-12(5-7-14)17-11-21-19(20(22)23)18(17)13-8-15(25-2)10-16(9-13)26-3/h4-11,21H,1-3H3,(H,22,23). The van der Waals surface area contributed by atoms with Gasteiger partial charge in [0.1, 0.15) is 22.9 Å². The lowest BCUT2D eigenvalue weighted by Gasteiger charge is -2.11. The minimum absolute atomic E-state index is 0.103. The number of nitrogens with one attached hydrogen (secondary N) is 1. The van der Waals surface area contributed by atoms with Gasteiger partial charge in [0.15, 0.2) is 0 Å². The molecule has 0 unspecified atom stereocenters. The fourth-order valence-electron chi connectivity index (χ4n) is 2.84. The summed E-state index contributed by atoms with van der Waals surface area (Å²) in [5.74, 6) is 0.851. The van der Waals surface area contributed by atoms with Gasteiger partial charge in [0.25, 0.3) is 0 Å². The molecular formula is C20H19NO5. The van der Waals surface area contributed by atoms with Crippen molar-refractivity contribution in [3.63, 3.8) is 0 Å². The van der Waals surface area contributed by atoms with Crippen LogP contribution in [0.2, 0.25) is 0 Å². The first-order valence-corrected chi connectivity index (χ1v) is 7.90. The average Bonchev–Trinajstić information content (AvgIpc) is 3.13. The van der Waals surface area contributed by atoms with E-state index in [1.165, 1.54) is 0 Å². The number of rotatable bonds is 6. The highest BCUT2D eigenvalue weighted by molar-refractivity contribution is 6.00. The van der Waals surface area contributed by atoms with E-state index >= 15 is 0 Å². The van der Waals surface area contributed by atoms with Gasteiger partial charge in [-0.1, -0.05) is 12.1 Å². The maximum atomic E-state index is 11.7. The molecule has 0 aliphatic heterocycles. The number of aromatic amines is 1. The summed E-state index contributed by atoms with van der Waals surface area (Å²) in [6, 6.07) is 12.7. The predicted octanol–water partition coefficient (Wildman–Crippen LogP) is 4.07. The van der Waals surface area contributed by atoms with Gasteiger partial charge in [-0.15, -0.1) is 0 Å². The van der Waals surface area contributed by atoms with Crippen LogP contribution >= 0.6 is 0 Å². The third-order valence-electron chi connectivity index (χ3n) is 4.14. The molecule has 26 heavy (non-hydrogen) atoms. The van der Waals surface area contributed by atoms with Crippen LogP contribution in [0.1, 0.15) is 10.5 Å². The zero-order valence-corrected chi connectivity index (χ0v) is 14.7. The Hall–Kier alpha value is -3.41. The van der Waals surface area contributed by atoms with Gasteiger partial charge in [-0.2, -0.15) is 0 Å². The molecule has 1 heterocycles.